The van der Waals surface area contributed by atoms with Crippen molar-refractivity contribution in [2.45, 2.75) is 26.2 Å². The smallest absolute Gasteiger partial charge is 0.150 e. The van der Waals surface area contributed by atoms with Crippen molar-refractivity contribution in [1.82, 2.24) is 14.7 Å². The Hall–Kier alpha value is -1.84. The highest BCUT2D eigenvalue weighted by molar-refractivity contribution is 5.58. The summed E-state index contributed by atoms with van der Waals surface area (Å²) in [5, 5.41) is 10.1. The largest absolute Gasteiger partial charge is 0.427 e. The van der Waals surface area contributed by atoms with Crippen molar-refractivity contribution >= 4 is 0 Å². The lowest BCUT2D eigenvalue weighted by Crippen LogP contribution is -2.18. The number of pyridine rings is 1. The summed E-state index contributed by atoms with van der Waals surface area (Å²) in [7, 11) is 0. The second-order valence-electron chi connectivity index (χ2n) is 4.76. The third-order valence-electron chi connectivity index (χ3n) is 2.38. The molecule has 0 aliphatic carbocycles. The zero-order valence-corrected chi connectivity index (χ0v) is 9.68. The van der Waals surface area contributed by atoms with Crippen molar-refractivity contribution in [2.75, 3.05) is 0 Å². The van der Waals surface area contributed by atoms with Gasteiger partial charge in [-0.25, -0.2) is 4.98 Å². The molecule has 0 unspecified atom stereocenters. The summed E-state index contributed by atoms with van der Waals surface area (Å²) in [5.74, 6) is 0.652. The third-order valence-corrected chi connectivity index (χ3v) is 2.38. The zero-order chi connectivity index (χ0) is 11.8. The molecule has 0 saturated heterocycles. The van der Waals surface area contributed by atoms with Crippen LogP contribution in [0.25, 0.3) is 11.3 Å². The zero-order valence-electron chi connectivity index (χ0n) is 9.68. The molecule has 0 atom stereocenters. The van der Waals surface area contributed by atoms with Crippen LogP contribution < -0.4 is 0 Å². The Kier molecular flexibility index (Phi) is 2.42. The number of rotatable bonds is 1. The maximum atomic E-state index is 10.1. The maximum Gasteiger partial charge on any atom is 0.150 e. The molecule has 4 nitrogen and oxygen atoms in total. The van der Waals surface area contributed by atoms with E-state index in [9.17, 15) is 5.21 Å². The van der Waals surface area contributed by atoms with Gasteiger partial charge < -0.3 is 5.21 Å². The molecule has 4 heteroatoms. The molecule has 2 aromatic heterocycles. The molecule has 2 aromatic rings. The van der Waals surface area contributed by atoms with E-state index in [1.165, 1.54) is 0 Å². The summed E-state index contributed by atoms with van der Waals surface area (Å²) < 4.78 is 1.15. The molecule has 2 rings (SSSR count). The number of hydrogen-bond acceptors (Lipinski definition) is 3. The lowest BCUT2D eigenvalue weighted by atomic mass is 9.96. The highest BCUT2D eigenvalue weighted by Crippen LogP contribution is 2.25. The second kappa shape index (κ2) is 3.63. The van der Waals surface area contributed by atoms with Gasteiger partial charge in [0.1, 0.15) is 5.69 Å². The van der Waals surface area contributed by atoms with Crippen LogP contribution in [0.1, 0.15) is 26.6 Å². The number of aromatic nitrogens is 3. The van der Waals surface area contributed by atoms with Gasteiger partial charge in [-0.3, -0.25) is 4.98 Å². The molecule has 1 N–H and O–H groups in total. The van der Waals surface area contributed by atoms with E-state index in [0.29, 0.717) is 11.5 Å². The van der Waals surface area contributed by atoms with Crippen molar-refractivity contribution in [3.8, 4) is 11.3 Å². The minimum Gasteiger partial charge on any atom is -0.427 e. The molecule has 0 aliphatic heterocycles. The minimum absolute atomic E-state index is 0.181. The van der Waals surface area contributed by atoms with Gasteiger partial charge in [0.05, 0.1) is 6.20 Å². The molecule has 0 aliphatic rings. The fourth-order valence-corrected chi connectivity index (χ4v) is 1.58. The minimum atomic E-state index is -0.181. The Morgan fingerprint density at radius 1 is 1.19 bits per heavy atom. The van der Waals surface area contributed by atoms with Crippen LogP contribution in [0.4, 0.5) is 0 Å². The van der Waals surface area contributed by atoms with E-state index >= 15 is 0 Å². The number of hydrogen-bond donors (Lipinski definition) is 1. The predicted octanol–water partition coefficient (Wildman–Crippen LogP) is 2.48. The number of nitrogens with zero attached hydrogens (tertiary/aromatic N) is 3. The summed E-state index contributed by atoms with van der Waals surface area (Å²) in [6, 6.07) is 3.69. The van der Waals surface area contributed by atoms with Crippen molar-refractivity contribution in [3.05, 3.63) is 36.5 Å². The average Bonchev–Trinajstić information content (AvgIpc) is 2.61. The van der Waals surface area contributed by atoms with E-state index in [1.807, 2.05) is 32.9 Å². The van der Waals surface area contributed by atoms with Gasteiger partial charge in [-0.1, -0.05) is 20.8 Å². The highest BCUT2D eigenvalue weighted by Gasteiger charge is 2.22. The molecule has 0 spiro atoms. The molecule has 0 aromatic carbocycles. The van der Waals surface area contributed by atoms with Crippen molar-refractivity contribution in [2.24, 2.45) is 0 Å². The fourth-order valence-electron chi connectivity index (χ4n) is 1.58. The van der Waals surface area contributed by atoms with Crippen molar-refractivity contribution in [3.63, 3.8) is 0 Å². The first-order valence-corrected chi connectivity index (χ1v) is 5.18. The molecule has 0 bridgehead atoms. The van der Waals surface area contributed by atoms with E-state index in [2.05, 4.69) is 9.97 Å². The second-order valence-corrected chi connectivity index (χ2v) is 4.76. The first-order valence-electron chi connectivity index (χ1n) is 5.18. The van der Waals surface area contributed by atoms with Gasteiger partial charge in [0.15, 0.2) is 5.82 Å². The van der Waals surface area contributed by atoms with Gasteiger partial charge in [-0.2, -0.15) is 4.73 Å². The van der Waals surface area contributed by atoms with E-state index in [0.717, 1.165) is 10.3 Å². The number of imidazole rings is 1. The van der Waals surface area contributed by atoms with E-state index < -0.39 is 0 Å². The van der Waals surface area contributed by atoms with Crippen LogP contribution in [-0.4, -0.2) is 19.9 Å². The van der Waals surface area contributed by atoms with Crippen LogP contribution in [0.5, 0.6) is 0 Å². The Bertz CT molecular complexity index is 483. The first-order chi connectivity index (χ1) is 7.50. The standard InChI is InChI=1S/C12H15N3O/c1-12(2,3)11-14-8-10(15(11)16)9-4-6-13-7-5-9/h4-8,16H,1-3H3. The van der Waals surface area contributed by atoms with E-state index in [4.69, 9.17) is 0 Å². The Labute approximate surface area is 94.6 Å². The summed E-state index contributed by atoms with van der Waals surface area (Å²) in [6.45, 7) is 6.04. The maximum absolute atomic E-state index is 10.1. The summed E-state index contributed by atoms with van der Waals surface area (Å²) in [5.41, 5.74) is 1.41. The normalized spacial score (nSPS) is 11.7. The van der Waals surface area contributed by atoms with Crippen LogP contribution in [0.15, 0.2) is 30.7 Å². The molecule has 2 heterocycles. The molecule has 0 amide bonds. The molecular formula is C12H15N3O. The van der Waals surface area contributed by atoms with Crippen molar-refractivity contribution in [1.29, 1.82) is 0 Å². The van der Waals surface area contributed by atoms with Crippen LogP contribution >= 0.6 is 0 Å². The van der Waals surface area contributed by atoms with E-state index in [1.54, 1.807) is 18.6 Å². The van der Waals surface area contributed by atoms with E-state index in [-0.39, 0.29) is 5.41 Å². The van der Waals surface area contributed by atoms with Gasteiger partial charge in [-0.15, -0.1) is 0 Å². The highest BCUT2D eigenvalue weighted by atomic mass is 16.5. The van der Waals surface area contributed by atoms with Crippen LogP contribution in [-0.2, 0) is 5.41 Å². The Balaban J connectivity index is 2.50. The van der Waals surface area contributed by atoms with Gasteiger partial charge >= 0.3 is 0 Å². The molecule has 0 fully saturated rings. The quantitative estimate of drug-likeness (QED) is 0.746. The predicted molar refractivity (Wildman–Crippen MR) is 61.3 cm³/mol. The monoisotopic (exact) mass is 217 g/mol. The molecule has 16 heavy (non-hydrogen) atoms. The summed E-state index contributed by atoms with van der Waals surface area (Å²) in [6.07, 6.45) is 5.06. The molecule has 0 saturated carbocycles. The third kappa shape index (κ3) is 1.78. The first kappa shape index (κ1) is 10.7. The lowest BCUT2D eigenvalue weighted by Gasteiger charge is -2.16. The molecule has 0 radical (unpaired) electrons. The molecule has 84 valence electrons. The fraction of sp³-hybridized carbons (Fsp3) is 0.333. The van der Waals surface area contributed by atoms with Crippen LogP contribution in [0, 0.1) is 0 Å². The van der Waals surface area contributed by atoms with Gasteiger partial charge in [-0.05, 0) is 12.1 Å². The Morgan fingerprint density at radius 2 is 1.81 bits per heavy atom. The summed E-state index contributed by atoms with van der Waals surface area (Å²) in [4.78, 5) is 8.20. The average molecular weight is 217 g/mol. The SMILES string of the molecule is CC(C)(C)c1ncc(-c2ccncc2)n1O. The van der Waals surface area contributed by atoms with Crippen LogP contribution in [0.2, 0.25) is 0 Å². The van der Waals surface area contributed by atoms with Gasteiger partial charge in [0.2, 0.25) is 0 Å². The van der Waals surface area contributed by atoms with Gasteiger partial charge in [0.25, 0.3) is 0 Å². The summed E-state index contributed by atoms with van der Waals surface area (Å²) >= 11 is 0. The Morgan fingerprint density at radius 3 is 2.31 bits per heavy atom. The van der Waals surface area contributed by atoms with Crippen molar-refractivity contribution < 1.29 is 5.21 Å². The molecular weight excluding hydrogens is 202 g/mol. The lowest BCUT2D eigenvalue weighted by molar-refractivity contribution is 0.168. The topological polar surface area (TPSA) is 50.9 Å². The van der Waals surface area contributed by atoms with Gasteiger partial charge in [0, 0.05) is 23.4 Å². The van der Waals surface area contributed by atoms with Crippen LogP contribution in [0.3, 0.4) is 0 Å².